The van der Waals surface area contributed by atoms with Gasteiger partial charge in [-0.2, -0.15) is 5.26 Å². The average molecular weight is 241 g/mol. The van der Waals surface area contributed by atoms with Crippen LogP contribution in [0, 0.1) is 17.2 Å². The molecule has 0 aliphatic carbocycles. The molecule has 1 aromatic rings. The van der Waals surface area contributed by atoms with Gasteiger partial charge in [-0.1, -0.05) is 56.7 Å². The Morgan fingerprint density at radius 2 is 1.94 bits per heavy atom. The Balaban J connectivity index is 2.89. The summed E-state index contributed by atoms with van der Waals surface area (Å²) >= 11 is 0. The third kappa shape index (κ3) is 3.23. The molecule has 0 fully saturated rings. The molecule has 1 aromatic carbocycles. The van der Waals surface area contributed by atoms with Crippen LogP contribution >= 0.6 is 0 Å². The van der Waals surface area contributed by atoms with Crippen LogP contribution in [-0.2, 0) is 5.41 Å². The number of nitriles is 1. The molecular formula is C17H23N. The molecule has 1 atom stereocenters. The van der Waals surface area contributed by atoms with Crippen LogP contribution < -0.4 is 0 Å². The number of nitrogens with zero attached hydrogens (tertiary/aromatic N) is 1. The number of hydrogen-bond acceptors (Lipinski definition) is 1. The smallest absolute Gasteiger partial charge is 0.0845 e. The molecule has 0 heterocycles. The van der Waals surface area contributed by atoms with E-state index in [-0.39, 0.29) is 5.41 Å². The maximum Gasteiger partial charge on any atom is 0.0845 e. The van der Waals surface area contributed by atoms with Crippen LogP contribution in [0.15, 0.2) is 43.0 Å². The molecule has 0 spiro atoms. The molecule has 1 unspecified atom stereocenters. The summed E-state index contributed by atoms with van der Waals surface area (Å²) in [6.07, 6.45) is 6.11. The highest BCUT2D eigenvalue weighted by Gasteiger charge is 2.35. The van der Waals surface area contributed by atoms with Gasteiger partial charge in [-0.05, 0) is 30.7 Å². The fraction of sp³-hybridized carbons (Fsp3) is 0.471. The first-order valence-electron chi connectivity index (χ1n) is 6.75. The van der Waals surface area contributed by atoms with Gasteiger partial charge < -0.3 is 0 Å². The monoisotopic (exact) mass is 241 g/mol. The van der Waals surface area contributed by atoms with Gasteiger partial charge in [0, 0.05) is 0 Å². The van der Waals surface area contributed by atoms with Gasteiger partial charge in [-0.3, -0.25) is 0 Å². The SMILES string of the molecule is C=CCCCCC(C#N)(c1ccccc1)C(C)C. The van der Waals surface area contributed by atoms with E-state index < -0.39 is 0 Å². The zero-order chi connectivity index (χ0) is 13.4. The van der Waals surface area contributed by atoms with Crippen LogP contribution in [0.25, 0.3) is 0 Å². The number of hydrogen-bond donors (Lipinski definition) is 0. The van der Waals surface area contributed by atoms with Gasteiger partial charge in [-0.15, -0.1) is 6.58 Å². The molecule has 1 nitrogen and oxygen atoms in total. The first-order valence-corrected chi connectivity index (χ1v) is 6.75. The second kappa shape index (κ2) is 7.01. The maximum absolute atomic E-state index is 9.69. The third-order valence-electron chi connectivity index (χ3n) is 3.70. The summed E-state index contributed by atoms with van der Waals surface area (Å²) in [6.45, 7) is 8.03. The largest absolute Gasteiger partial charge is 0.197 e. The van der Waals surface area contributed by atoms with Crippen molar-refractivity contribution in [1.82, 2.24) is 0 Å². The Morgan fingerprint density at radius 1 is 1.28 bits per heavy atom. The zero-order valence-electron chi connectivity index (χ0n) is 11.5. The third-order valence-corrected chi connectivity index (χ3v) is 3.70. The highest BCUT2D eigenvalue weighted by Crippen LogP contribution is 2.36. The molecule has 0 aliphatic rings. The second-order valence-corrected chi connectivity index (χ2v) is 5.14. The minimum absolute atomic E-state index is 0.327. The summed E-state index contributed by atoms with van der Waals surface area (Å²) in [5.41, 5.74) is 0.809. The lowest BCUT2D eigenvalue weighted by atomic mass is 9.69. The van der Waals surface area contributed by atoms with E-state index in [9.17, 15) is 5.26 Å². The first-order chi connectivity index (χ1) is 8.67. The maximum atomic E-state index is 9.69. The lowest BCUT2D eigenvalue weighted by Gasteiger charge is -2.31. The topological polar surface area (TPSA) is 23.8 Å². The molecule has 0 aromatic heterocycles. The van der Waals surface area contributed by atoms with Gasteiger partial charge in [0.15, 0.2) is 0 Å². The van der Waals surface area contributed by atoms with E-state index in [1.807, 2.05) is 24.3 Å². The van der Waals surface area contributed by atoms with Gasteiger partial charge in [-0.25, -0.2) is 0 Å². The zero-order valence-corrected chi connectivity index (χ0v) is 11.5. The fourth-order valence-corrected chi connectivity index (χ4v) is 2.44. The Labute approximate surface area is 111 Å². The Bertz CT molecular complexity index is 399. The van der Waals surface area contributed by atoms with Crippen LogP contribution in [0.3, 0.4) is 0 Å². The van der Waals surface area contributed by atoms with Crippen molar-refractivity contribution in [2.75, 3.05) is 0 Å². The van der Waals surface area contributed by atoms with E-state index in [2.05, 4.69) is 38.6 Å². The van der Waals surface area contributed by atoms with Crippen molar-refractivity contribution in [2.24, 2.45) is 5.92 Å². The van der Waals surface area contributed by atoms with Crippen molar-refractivity contribution in [3.05, 3.63) is 48.6 Å². The lowest BCUT2D eigenvalue weighted by Crippen LogP contribution is -2.30. The second-order valence-electron chi connectivity index (χ2n) is 5.14. The van der Waals surface area contributed by atoms with E-state index in [0.29, 0.717) is 5.92 Å². The highest BCUT2D eigenvalue weighted by molar-refractivity contribution is 5.33. The summed E-state index contributed by atoms with van der Waals surface area (Å²) < 4.78 is 0. The van der Waals surface area contributed by atoms with Crippen LogP contribution in [0.5, 0.6) is 0 Å². The summed E-state index contributed by atoms with van der Waals surface area (Å²) in [7, 11) is 0. The van der Waals surface area contributed by atoms with Crippen molar-refractivity contribution < 1.29 is 0 Å². The molecule has 0 saturated heterocycles. The summed E-state index contributed by atoms with van der Waals surface area (Å²) in [5, 5.41) is 9.69. The first kappa shape index (κ1) is 14.5. The van der Waals surface area contributed by atoms with Crippen molar-refractivity contribution >= 4 is 0 Å². The van der Waals surface area contributed by atoms with E-state index in [1.165, 1.54) is 0 Å². The van der Waals surface area contributed by atoms with E-state index in [4.69, 9.17) is 0 Å². The quantitative estimate of drug-likeness (QED) is 0.494. The summed E-state index contributed by atoms with van der Waals surface area (Å²) in [4.78, 5) is 0. The number of rotatable bonds is 7. The molecule has 18 heavy (non-hydrogen) atoms. The lowest BCUT2D eigenvalue weighted by molar-refractivity contribution is 0.356. The Hall–Kier alpha value is -1.55. The highest BCUT2D eigenvalue weighted by atomic mass is 14.4. The number of allylic oxidation sites excluding steroid dienone is 1. The van der Waals surface area contributed by atoms with Gasteiger partial charge in [0.1, 0.15) is 0 Å². The molecule has 0 radical (unpaired) electrons. The predicted octanol–water partition coefficient (Wildman–Crippen LogP) is 4.85. The van der Waals surface area contributed by atoms with Gasteiger partial charge in [0.25, 0.3) is 0 Å². The summed E-state index contributed by atoms with van der Waals surface area (Å²) in [6, 6.07) is 12.8. The van der Waals surface area contributed by atoms with Crippen molar-refractivity contribution in [3.8, 4) is 6.07 Å². The van der Waals surface area contributed by atoms with Crippen LogP contribution in [0.2, 0.25) is 0 Å². The molecule has 0 N–H and O–H groups in total. The predicted molar refractivity (Wildman–Crippen MR) is 77.2 cm³/mol. The molecule has 0 aliphatic heterocycles. The molecule has 0 saturated carbocycles. The van der Waals surface area contributed by atoms with Crippen LogP contribution in [0.4, 0.5) is 0 Å². The fourth-order valence-electron chi connectivity index (χ4n) is 2.44. The molecule has 1 heteroatoms. The summed E-state index contributed by atoms with van der Waals surface area (Å²) in [5.74, 6) is 0.327. The molecule has 0 amide bonds. The van der Waals surface area contributed by atoms with E-state index in [0.717, 1.165) is 31.2 Å². The van der Waals surface area contributed by atoms with Crippen molar-refractivity contribution in [2.45, 2.75) is 44.9 Å². The van der Waals surface area contributed by atoms with E-state index in [1.54, 1.807) is 0 Å². The minimum Gasteiger partial charge on any atom is -0.197 e. The van der Waals surface area contributed by atoms with Gasteiger partial charge in [0.2, 0.25) is 0 Å². The molecule has 0 bridgehead atoms. The van der Waals surface area contributed by atoms with Gasteiger partial charge in [0.05, 0.1) is 11.5 Å². The van der Waals surface area contributed by atoms with Gasteiger partial charge >= 0.3 is 0 Å². The van der Waals surface area contributed by atoms with Crippen LogP contribution in [-0.4, -0.2) is 0 Å². The molecular weight excluding hydrogens is 218 g/mol. The van der Waals surface area contributed by atoms with Crippen molar-refractivity contribution in [3.63, 3.8) is 0 Å². The minimum atomic E-state index is -0.345. The number of benzene rings is 1. The van der Waals surface area contributed by atoms with Crippen LogP contribution in [0.1, 0.15) is 45.1 Å². The van der Waals surface area contributed by atoms with E-state index >= 15 is 0 Å². The molecule has 96 valence electrons. The average Bonchev–Trinajstić information content (AvgIpc) is 2.40. The number of unbranched alkanes of at least 4 members (excludes halogenated alkanes) is 2. The standard InChI is InChI=1S/C17H23N/c1-4-5-6-10-13-17(14-18,15(2)3)16-11-8-7-9-12-16/h4,7-9,11-12,15H,1,5-6,10,13H2,2-3H3. The Kier molecular flexibility index (Phi) is 5.65. The molecule has 1 rings (SSSR count). The normalized spacial score (nSPS) is 13.9. The Morgan fingerprint density at radius 3 is 2.44 bits per heavy atom. The van der Waals surface area contributed by atoms with Crippen molar-refractivity contribution in [1.29, 1.82) is 5.26 Å².